The van der Waals surface area contributed by atoms with Crippen molar-refractivity contribution >= 4 is 11.6 Å². The van der Waals surface area contributed by atoms with Gasteiger partial charge in [-0.25, -0.2) is 0 Å². The van der Waals surface area contributed by atoms with Gasteiger partial charge in [-0.2, -0.15) is 0 Å². The number of aromatic nitrogens is 1. The fourth-order valence-corrected chi connectivity index (χ4v) is 2.98. The number of hydrogen-bond donors (Lipinski definition) is 1. The Hall–Kier alpha value is -3.54. The number of pyridine rings is 1. The third-order valence-electron chi connectivity index (χ3n) is 4.27. The largest absolute Gasteiger partial charge is 0.486 e. The first kappa shape index (κ1) is 16.9. The Morgan fingerprint density at radius 2 is 1.78 bits per heavy atom. The molecule has 4 rings (SSSR count). The highest BCUT2D eigenvalue weighted by molar-refractivity contribution is 6.05. The molecular weight excluding hydrogens is 344 g/mol. The summed E-state index contributed by atoms with van der Waals surface area (Å²) in [6.45, 7) is 1.28. The highest BCUT2D eigenvalue weighted by Gasteiger charge is 2.19. The van der Waals surface area contributed by atoms with Crippen LogP contribution in [0.25, 0.3) is 0 Å². The van der Waals surface area contributed by atoms with Gasteiger partial charge in [-0.3, -0.25) is 9.59 Å². The van der Waals surface area contributed by atoms with Crippen LogP contribution in [-0.4, -0.2) is 23.7 Å². The van der Waals surface area contributed by atoms with E-state index in [0.717, 1.165) is 5.56 Å². The van der Waals surface area contributed by atoms with Crippen molar-refractivity contribution in [2.75, 3.05) is 18.5 Å². The van der Waals surface area contributed by atoms with Gasteiger partial charge in [0, 0.05) is 6.20 Å². The van der Waals surface area contributed by atoms with E-state index in [0.29, 0.717) is 36.9 Å². The molecular formula is C21H18N2O4. The Balaban J connectivity index is 1.60. The van der Waals surface area contributed by atoms with Crippen molar-refractivity contribution in [3.05, 3.63) is 88.3 Å². The quantitative estimate of drug-likeness (QED) is 0.775. The highest BCUT2D eigenvalue weighted by atomic mass is 16.6. The number of anilines is 1. The normalized spacial score (nSPS) is 12.4. The number of rotatable bonds is 4. The molecule has 6 heteroatoms. The molecule has 0 radical (unpaired) electrons. The summed E-state index contributed by atoms with van der Waals surface area (Å²) < 4.78 is 12.6. The molecule has 2 aromatic carbocycles. The van der Waals surface area contributed by atoms with Crippen LogP contribution in [-0.2, 0) is 6.54 Å². The smallest absolute Gasteiger partial charge is 0.263 e. The highest BCUT2D eigenvalue weighted by Crippen LogP contribution is 2.37. The van der Waals surface area contributed by atoms with Crippen molar-refractivity contribution in [2.45, 2.75) is 6.54 Å². The SMILES string of the molecule is O=C(Nc1cccc2c1OCCO2)c1cccn(Cc2ccccc2)c1=O. The lowest BCUT2D eigenvalue weighted by atomic mass is 10.2. The maximum atomic E-state index is 12.7. The number of nitrogens with zero attached hydrogens (tertiary/aromatic N) is 1. The van der Waals surface area contributed by atoms with Gasteiger partial charge >= 0.3 is 0 Å². The maximum Gasteiger partial charge on any atom is 0.263 e. The molecule has 0 saturated heterocycles. The predicted molar refractivity (Wildman–Crippen MR) is 102 cm³/mol. The summed E-state index contributed by atoms with van der Waals surface area (Å²) in [5, 5.41) is 2.76. The summed E-state index contributed by atoms with van der Waals surface area (Å²) in [6.07, 6.45) is 1.67. The molecule has 1 aromatic heterocycles. The Kier molecular flexibility index (Phi) is 4.61. The molecule has 2 heterocycles. The van der Waals surface area contributed by atoms with E-state index >= 15 is 0 Å². The fourth-order valence-electron chi connectivity index (χ4n) is 2.98. The first-order valence-electron chi connectivity index (χ1n) is 8.66. The number of fused-ring (bicyclic) bond motifs is 1. The monoisotopic (exact) mass is 362 g/mol. The number of carbonyl (C=O) groups excluding carboxylic acids is 1. The zero-order valence-electron chi connectivity index (χ0n) is 14.6. The maximum absolute atomic E-state index is 12.7. The third kappa shape index (κ3) is 3.55. The number of amides is 1. The van der Waals surface area contributed by atoms with Crippen LogP contribution in [0, 0.1) is 0 Å². The summed E-state index contributed by atoms with van der Waals surface area (Å²) >= 11 is 0. The second-order valence-electron chi connectivity index (χ2n) is 6.12. The molecule has 0 fully saturated rings. The van der Waals surface area contributed by atoms with Crippen molar-refractivity contribution in [1.29, 1.82) is 0 Å². The van der Waals surface area contributed by atoms with E-state index in [1.54, 1.807) is 30.5 Å². The van der Waals surface area contributed by atoms with E-state index in [9.17, 15) is 9.59 Å². The van der Waals surface area contributed by atoms with Crippen molar-refractivity contribution in [2.24, 2.45) is 0 Å². The van der Waals surface area contributed by atoms with Gasteiger partial charge in [-0.05, 0) is 29.8 Å². The van der Waals surface area contributed by atoms with Gasteiger partial charge < -0.3 is 19.4 Å². The van der Waals surface area contributed by atoms with Crippen molar-refractivity contribution in [3.63, 3.8) is 0 Å². The standard InChI is InChI=1S/C21H18N2O4/c24-20(22-17-9-4-10-18-19(17)27-13-12-26-18)16-8-5-11-23(21(16)25)14-15-6-2-1-3-7-15/h1-11H,12-14H2,(H,22,24). The average molecular weight is 362 g/mol. The molecule has 0 saturated carbocycles. The van der Waals surface area contributed by atoms with Gasteiger partial charge in [0.25, 0.3) is 11.5 Å². The van der Waals surface area contributed by atoms with E-state index < -0.39 is 5.91 Å². The molecule has 1 aliphatic heterocycles. The predicted octanol–water partition coefficient (Wildman–Crippen LogP) is 2.92. The second kappa shape index (κ2) is 7.37. The van der Waals surface area contributed by atoms with Gasteiger partial charge in [0.2, 0.25) is 0 Å². The third-order valence-corrected chi connectivity index (χ3v) is 4.27. The van der Waals surface area contributed by atoms with E-state index in [1.807, 2.05) is 30.3 Å². The molecule has 0 atom stereocenters. The minimum absolute atomic E-state index is 0.0720. The molecule has 0 aliphatic carbocycles. The molecule has 27 heavy (non-hydrogen) atoms. The van der Waals surface area contributed by atoms with Gasteiger partial charge in [0.05, 0.1) is 12.2 Å². The molecule has 3 aromatic rings. The number of para-hydroxylation sites is 1. The Labute approximate surface area is 156 Å². The summed E-state index contributed by atoms with van der Waals surface area (Å²) in [4.78, 5) is 25.4. The number of benzene rings is 2. The Morgan fingerprint density at radius 1 is 0.963 bits per heavy atom. The zero-order valence-corrected chi connectivity index (χ0v) is 14.6. The molecule has 0 bridgehead atoms. The second-order valence-corrected chi connectivity index (χ2v) is 6.12. The van der Waals surface area contributed by atoms with Crippen LogP contribution in [0.15, 0.2) is 71.7 Å². The van der Waals surface area contributed by atoms with E-state index in [4.69, 9.17) is 9.47 Å². The zero-order chi connectivity index (χ0) is 18.6. The van der Waals surface area contributed by atoms with Crippen LogP contribution >= 0.6 is 0 Å². The first-order valence-corrected chi connectivity index (χ1v) is 8.66. The van der Waals surface area contributed by atoms with E-state index in [-0.39, 0.29) is 11.1 Å². The molecule has 0 spiro atoms. The first-order chi connectivity index (χ1) is 13.2. The van der Waals surface area contributed by atoms with Crippen molar-refractivity contribution in [1.82, 2.24) is 4.57 Å². The van der Waals surface area contributed by atoms with Crippen LogP contribution in [0.2, 0.25) is 0 Å². The van der Waals surface area contributed by atoms with Crippen LogP contribution in [0.3, 0.4) is 0 Å². The Morgan fingerprint density at radius 3 is 2.63 bits per heavy atom. The Bertz CT molecular complexity index is 1030. The van der Waals surface area contributed by atoms with Crippen molar-refractivity contribution in [3.8, 4) is 11.5 Å². The average Bonchev–Trinajstić information content (AvgIpc) is 2.70. The summed E-state index contributed by atoms with van der Waals surface area (Å²) in [5.41, 5.74) is 1.19. The number of nitrogens with one attached hydrogen (secondary N) is 1. The van der Waals surface area contributed by atoms with E-state index in [2.05, 4.69) is 5.32 Å². The summed E-state index contributed by atoms with van der Waals surface area (Å²) in [5.74, 6) is 0.580. The van der Waals surface area contributed by atoms with Gasteiger partial charge in [0.1, 0.15) is 18.8 Å². The lowest BCUT2D eigenvalue weighted by Gasteiger charge is -2.21. The van der Waals surface area contributed by atoms with Gasteiger partial charge in [-0.1, -0.05) is 36.4 Å². The lowest BCUT2D eigenvalue weighted by Crippen LogP contribution is -2.29. The molecule has 0 unspecified atom stereocenters. The molecule has 1 amide bonds. The summed E-state index contributed by atoms with van der Waals surface area (Å²) in [6, 6.07) is 18.1. The summed E-state index contributed by atoms with van der Waals surface area (Å²) in [7, 11) is 0. The van der Waals surface area contributed by atoms with Crippen LogP contribution in [0.5, 0.6) is 11.5 Å². The van der Waals surface area contributed by atoms with E-state index in [1.165, 1.54) is 10.6 Å². The molecule has 6 nitrogen and oxygen atoms in total. The fraction of sp³-hybridized carbons (Fsp3) is 0.143. The minimum atomic E-state index is -0.481. The number of carbonyl (C=O) groups is 1. The molecule has 1 aliphatic rings. The van der Waals surface area contributed by atoms with Crippen LogP contribution in [0.1, 0.15) is 15.9 Å². The lowest BCUT2D eigenvalue weighted by molar-refractivity contribution is 0.102. The van der Waals surface area contributed by atoms with Gasteiger partial charge in [-0.15, -0.1) is 0 Å². The van der Waals surface area contributed by atoms with Gasteiger partial charge in [0.15, 0.2) is 11.5 Å². The molecule has 1 N–H and O–H groups in total. The topological polar surface area (TPSA) is 69.6 Å². The number of ether oxygens (including phenoxy) is 2. The number of hydrogen-bond acceptors (Lipinski definition) is 4. The van der Waals surface area contributed by atoms with Crippen LogP contribution in [0.4, 0.5) is 5.69 Å². The van der Waals surface area contributed by atoms with Crippen LogP contribution < -0.4 is 20.3 Å². The molecule has 136 valence electrons. The minimum Gasteiger partial charge on any atom is -0.486 e. The van der Waals surface area contributed by atoms with Crippen molar-refractivity contribution < 1.29 is 14.3 Å².